The summed E-state index contributed by atoms with van der Waals surface area (Å²) < 4.78 is 10.9. The maximum absolute atomic E-state index is 12.6. The number of H-pyrrole nitrogens is 1. The molecular formula is C19H21ClN6O4. The molecule has 30 heavy (non-hydrogen) atoms. The molecule has 11 heteroatoms. The van der Waals surface area contributed by atoms with Gasteiger partial charge < -0.3 is 19.8 Å². The molecule has 158 valence electrons. The molecule has 1 saturated heterocycles. The number of halogens is 1. The Balaban J connectivity index is 0.00000256. The second-order valence-electron chi connectivity index (χ2n) is 6.79. The van der Waals surface area contributed by atoms with Crippen LogP contribution in [0.3, 0.4) is 0 Å². The van der Waals surface area contributed by atoms with Gasteiger partial charge in [-0.25, -0.2) is 4.79 Å². The van der Waals surface area contributed by atoms with Crippen molar-refractivity contribution >= 4 is 24.0 Å². The lowest BCUT2D eigenvalue weighted by atomic mass is 9.94. The van der Waals surface area contributed by atoms with Crippen LogP contribution in [0.2, 0.25) is 0 Å². The van der Waals surface area contributed by atoms with Gasteiger partial charge in [-0.05, 0) is 74.0 Å². The number of hydrogen-bond donors (Lipinski definition) is 3. The van der Waals surface area contributed by atoms with E-state index in [1.807, 2.05) is 0 Å². The number of piperidine rings is 1. The molecule has 1 aromatic carbocycles. The number of tetrazole rings is 1. The van der Waals surface area contributed by atoms with Gasteiger partial charge in [0.05, 0.1) is 0 Å². The number of rotatable bonds is 5. The van der Waals surface area contributed by atoms with Crippen molar-refractivity contribution in [3.05, 3.63) is 57.6 Å². The number of aromatic amines is 1. The van der Waals surface area contributed by atoms with Crippen LogP contribution in [0.15, 0.2) is 39.5 Å². The average molecular weight is 433 g/mol. The first-order valence-corrected chi connectivity index (χ1v) is 9.28. The highest BCUT2D eigenvalue weighted by Gasteiger charge is 2.22. The largest absolute Gasteiger partial charge is 0.427 e. The molecule has 0 spiro atoms. The fourth-order valence-corrected chi connectivity index (χ4v) is 3.31. The number of ether oxygens (including phenoxy) is 1. The minimum absolute atomic E-state index is 0. The maximum atomic E-state index is 12.6. The van der Waals surface area contributed by atoms with Gasteiger partial charge in [0.25, 0.3) is 5.91 Å². The molecule has 3 heterocycles. The Hall–Kier alpha value is -3.24. The van der Waals surface area contributed by atoms with Gasteiger partial charge in [0.1, 0.15) is 17.1 Å². The fraction of sp³-hybridized carbons (Fsp3) is 0.316. The molecular weight excluding hydrogens is 412 g/mol. The van der Waals surface area contributed by atoms with Crippen LogP contribution in [-0.2, 0) is 0 Å². The first-order valence-electron chi connectivity index (χ1n) is 9.28. The van der Waals surface area contributed by atoms with E-state index >= 15 is 0 Å². The highest BCUT2D eigenvalue weighted by atomic mass is 35.5. The monoisotopic (exact) mass is 432 g/mol. The predicted molar refractivity (Wildman–Crippen MR) is 110 cm³/mol. The highest BCUT2D eigenvalue weighted by molar-refractivity contribution is 6.04. The molecule has 4 rings (SSSR count). The number of carbonyl (C=O) groups excluding carboxylic acids is 1. The summed E-state index contributed by atoms with van der Waals surface area (Å²) in [7, 11) is 0. The van der Waals surface area contributed by atoms with Gasteiger partial charge >= 0.3 is 11.6 Å². The minimum Gasteiger partial charge on any atom is -0.427 e. The molecule has 3 aromatic rings. The van der Waals surface area contributed by atoms with E-state index in [9.17, 15) is 9.59 Å². The zero-order valence-electron chi connectivity index (χ0n) is 16.2. The van der Waals surface area contributed by atoms with Gasteiger partial charge in [0.2, 0.25) is 0 Å². The minimum atomic E-state index is -0.618. The lowest BCUT2D eigenvalue weighted by Gasteiger charge is -2.21. The normalized spacial score (nSPS) is 14.0. The molecule has 1 amide bonds. The summed E-state index contributed by atoms with van der Waals surface area (Å²) in [5, 5.41) is 19.1. The van der Waals surface area contributed by atoms with Crippen molar-refractivity contribution in [3.63, 3.8) is 0 Å². The lowest BCUT2D eigenvalue weighted by Crippen LogP contribution is -2.28. The Morgan fingerprint density at radius 3 is 2.60 bits per heavy atom. The van der Waals surface area contributed by atoms with Gasteiger partial charge in [0.15, 0.2) is 0 Å². The number of amides is 1. The van der Waals surface area contributed by atoms with Crippen LogP contribution in [0, 0.1) is 6.92 Å². The van der Waals surface area contributed by atoms with Crippen molar-refractivity contribution in [2.75, 3.05) is 18.4 Å². The number of carbonyl (C=O) groups is 1. The van der Waals surface area contributed by atoms with Crippen LogP contribution in [0.5, 0.6) is 11.8 Å². The number of benzene rings is 1. The smallest absolute Gasteiger partial charge is 0.361 e. The maximum Gasteiger partial charge on any atom is 0.361 e. The second-order valence-corrected chi connectivity index (χ2v) is 6.79. The van der Waals surface area contributed by atoms with Crippen LogP contribution >= 0.6 is 12.4 Å². The Morgan fingerprint density at radius 1 is 1.23 bits per heavy atom. The van der Waals surface area contributed by atoms with E-state index < -0.39 is 11.5 Å². The lowest BCUT2D eigenvalue weighted by molar-refractivity contribution is 0.102. The number of aromatic nitrogens is 4. The zero-order valence-corrected chi connectivity index (χ0v) is 17.0. The van der Waals surface area contributed by atoms with Crippen molar-refractivity contribution in [2.45, 2.75) is 25.7 Å². The third-order valence-electron chi connectivity index (χ3n) is 4.78. The molecule has 1 aliphatic heterocycles. The Kier molecular flexibility index (Phi) is 6.80. The molecule has 1 fully saturated rings. The van der Waals surface area contributed by atoms with Crippen LogP contribution in [0.1, 0.15) is 40.4 Å². The first-order chi connectivity index (χ1) is 14.1. The van der Waals surface area contributed by atoms with Crippen molar-refractivity contribution in [1.29, 1.82) is 0 Å². The number of aryl methyl sites for hydroxylation is 1. The Morgan fingerprint density at radius 2 is 1.97 bits per heavy atom. The first kappa shape index (κ1) is 21.5. The van der Waals surface area contributed by atoms with Crippen LogP contribution in [0.25, 0.3) is 0 Å². The van der Waals surface area contributed by atoms with E-state index in [4.69, 9.17) is 9.15 Å². The highest BCUT2D eigenvalue weighted by Crippen LogP contribution is 2.26. The fourth-order valence-electron chi connectivity index (χ4n) is 3.31. The van der Waals surface area contributed by atoms with Crippen molar-refractivity contribution in [1.82, 2.24) is 25.9 Å². The number of hydrogen-bond acceptors (Lipinski definition) is 8. The topological polar surface area (TPSA) is 135 Å². The summed E-state index contributed by atoms with van der Waals surface area (Å²) in [6.45, 7) is 3.53. The quantitative estimate of drug-likeness (QED) is 0.559. The summed E-state index contributed by atoms with van der Waals surface area (Å²) in [5.41, 5.74) is 0.504. The van der Waals surface area contributed by atoms with Crippen molar-refractivity contribution in [3.8, 4) is 11.8 Å². The number of anilines is 1. The molecule has 0 aliphatic carbocycles. The third kappa shape index (κ3) is 4.84. The summed E-state index contributed by atoms with van der Waals surface area (Å²) in [6.07, 6.45) is 1.82. The summed E-state index contributed by atoms with van der Waals surface area (Å²) in [5.74, 6) is 0.811. The molecule has 0 unspecified atom stereocenters. The standard InChI is InChI=1S/C19H20N6O4.ClH/c1-11-10-15(12-6-8-20-9-7-12)29-18(27)16(11)17(26)21-13-2-4-14(5-3-13)28-19-22-24-25-23-19;/h2-5,10,12,20H,6-9H2,1H3,(H,21,26)(H,22,23,24,25);1H. The molecule has 3 N–H and O–H groups in total. The number of nitrogens with one attached hydrogen (secondary N) is 3. The molecule has 0 bridgehead atoms. The summed E-state index contributed by atoms with van der Waals surface area (Å²) in [6, 6.07) is 8.46. The number of nitrogens with zero attached hydrogens (tertiary/aromatic N) is 3. The SMILES string of the molecule is Cc1cc(C2CCNCC2)oc(=O)c1C(=O)Nc1ccc(Oc2nn[nH]n2)cc1.Cl. The molecule has 1 aliphatic rings. The third-order valence-corrected chi connectivity index (χ3v) is 4.78. The summed E-state index contributed by atoms with van der Waals surface area (Å²) in [4.78, 5) is 25.1. The molecule has 0 saturated carbocycles. The van der Waals surface area contributed by atoms with E-state index in [0.717, 1.165) is 25.9 Å². The molecule has 10 nitrogen and oxygen atoms in total. The van der Waals surface area contributed by atoms with E-state index in [2.05, 4.69) is 31.3 Å². The summed E-state index contributed by atoms with van der Waals surface area (Å²) >= 11 is 0. The zero-order chi connectivity index (χ0) is 20.2. The van der Waals surface area contributed by atoms with E-state index in [-0.39, 0.29) is 29.9 Å². The molecule has 0 atom stereocenters. The van der Waals surface area contributed by atoms with Crippen molar-refractivity contribution in [2.24, 2.45) is 0 Å². The molecule has 2 aromatic heterocycles. The van der Waals surface area contributed by atoms with Gasteiger partial charge in [0, 0.05) is 11.6 Å². The second kappa shape index (κ2) is 9.51. The predicted octanol–water partition coefficient (Wildman–Crippen LogP) is 2.39. The van der Waals surface area contributed by atoms with Crippen LogP contribution in [-0.4, -0.2) is 39.6 Å². The van der Waals surface area contributed by atoms with E-state index in [0.29, 0.717) is 22.8 Å². The van der Waals surface area contributed by atoms with E-state index in [1.54, 1.807) is 37.3 Å². The van der Waals surface area contributed by atoms with Gasteiger partial charge in [-0.3, -0.25) is 4.79 Å². The van der Waals surface area contributed by atoms with E-state index in [1.165, 1.54) is 0 Å². The van der Waals surface area contributed by atoms with Gasteiger partial charge in [-0.15, -0.1) is 12.4 Å². The molecule has 0 radical (unpaired) electrons. The average Bonchev–Trinajstić information content (AvgIpc) is 3.23. The Bertz CT molecular complexity index is 1050. The van der Waals surface area contributed by atoms with Crippen LogP contribution in [0.4, 0.5) is 5.69 Å². The van der Waals surface area contributed by atoms with Gasteiger partial charge in [-0.1, -0.05) is 10.2 Å². The van der Waals surface area contributed by atoms with Gasteiger partial charge in [-0.2, -0.15) is 5.21 Å². The van der Waals surface area contributed by atoms with Crippen LogP contribution < -0.4 is 21.0 Å². The Labute approximate surface area is 177 Å². The van der Waals surface area contributed by atoms with Crippen molar-refractivity contribution < 1.29 is 13.9 Å².